The molecule has 1 N–H and O–H groups in total. The zero-order valence-corrected chi connectivity index (χ0v) is 13.6. The van der Waals surface area contributed by atoms with Crippen molar-refractivity contribution in [3.05, 3.63) is 35.6 Å². The van der Waals surface area contributed by atoms with E-state index < -0.39 is 6.10 Å². The van der Waals surface area contributed by atoms with E-state index in [0.29, 0.717) is 25.7 Å². The van der Waals surface area contributed by atoms with Gasteiger partial charge in [-0.05, 0) is 44.9 Å². The maximum atomic E-state index is 13.3. The fourth-order valence-corrected chi connectivity index (χ4v) is 2.16. The maximum absolute atomic E-state index is 13.3. The van der Waals surface area contributed by atoms with Gasteiger partial charge in [-0.25, -0.2) is 4.39 Å². The zero-order valence-electron chi connectivity index (χ0n) is 13.6. The summed E-state index contributed by atoms with van der Waals surface area (Å²) in [4.78, 5) is 2.17. The Morgan fingerprint density at radius 3 is 2.57 bits per heavy atom. The third-order valence-corrected chi connectivity index (χ3v) is 3.56. The van der Waals surface area contributed by atoms with Crippen LogP contribution in [0, 0.1) is 5.82 Å². The van der Waals surface area contributed by atoms with E-state index in [9.17, 15) is 9.50 Å². The number of benzene rings is 1. The van der Waals surface area contributed by atoms with Gasteiger partial charge in [-0.2, -0.15) is 0 Å². The summed E-state index contributed by atoms with van der Waals surface area (Å²) >= 11 is 0. The summed E-state index contributed by atoms with van der Waals surface area (Å²) in [5, 5.41) is 10.1. The van der Waals surface area contributed by atoms with Gasteiger partial charge in [0, 0.05) is 19.1 Å². The van der Waals surface area contributed by atoms with Crippen LogP contribution in [0.25, 0.3) is 0 Å². The first-order valence-corrected chi connectivity index (χ1v) is 7.70. The maximum Gasteiger partial charge on any atom is 0.123 e. The summed E-state index contributed by atoms with van der Waals surface area (Å²) in [5.41, 5.74) is 0.923. The van der Waals surface area contributed by atoms with Crippen LogP contribution in [0.2, 0.25) is 0 Å². The van der Waals surface area contributed by atoms with Gasteiger partial charge in [-0.1, -0.05) is 19.1 Å². The summed E-state index contributed by atoms with van der Waals surface area (Å²) in [7, 11) is 0. The van der Waals surface area contributed by atoms with Crippen molar-refractivity contribution in [3.8, 4) is 0 Å². The molecule has 0 saturated carbocycles. The van der Waals surface area contributed by atoms with E-state index in [4.69, 9.17) is 4.74 Å². The molecule has 0 bridgehead atoms. The molecule has 0 aliphatic rings. The minimum absolute atomic E-state index is 0.111. The number of nitrogens with zero attached hydrogens (tertiary/aromatic N) is 1. The van der Waals surface area contributed by atoms with Crippen molar-refractivity contribution in [1.29, 1.82) is 0 Å². The van der Waals surface area contributed by atoms with Gasteiger partial charge in [0.25, 0.3) is 0 Å². The van der Waals surface area contributed by atoms with Crippen molar-refractivity contribution in [2.24, 2.45) is 0 Å². The lowest BCUT2D eigenvalue weighted by Gasteiger charge is -2.30. The van der Waals surface area contributed by atoms with E-state index >= 15 is 0 Å². The summed E-state index contributed by atoms with van der Waals surface area (Å²) < 4.78 is 18.7. The van der Waals surface area contributed by atoms with Crippen LogP contribution in [0.4, 0.5) is 4.39 Å². The molecule has 3 nitrogen and oxygen atoms in total. The molecule has 1 aromatic rings. The molecular formula is C17H28FNO2. The Bertz CT molecular complexity index is 412. The highest BCUT2D eigenvalue weighted by Gasteiger charge is 2.17. The summed E-state index contributed by atoms with van der Waals surface area (Å²) in [6.45, 7) is 9.62. The molecule has 120 valence electrons. The van der Waals surface area contributed by atoms with E-state index in [2.05, 4.69) is 18.7 Å². The van der Waals surface area contributed by atoms with Crippen molar-refractivity contribution >= 4 is 0 Å². The number of aliphatic hydroxyl groups is 1. The van der Waals surface area contributed by atoms with Crippen molar-refractivity contribution < 1.29 is 14.2 Å². The van der Waals surface area contributed by atoms with Gasteiger partial charge in [-0.15, -0.1) is 0 Å². The first-order valence-electron chi connectivity index (χ1n) is 7.70. The fraction of sp³-hybridized carbons (Fsp3) is 0.647. The quantitative estimate of drug-likeness (QED) is 0.759. The number of aliphatic hydroxyl groups excluding tert-OH is 1. The third kappa shape index (κ3) is 7.02. The first kappa shape index (κ1) is 18.1. The Hall–Kier alpha value is -0.970. The number of hydrogen-bond acceptors (Lipinski definition) is 3. The molecule has 21 heavy (non-hydrogen) atoms. The normalized spacial score (nSPS) is 14.7. The molecule has 2 atom stereocenters. The van der Waals surface area contributed by atoms with Gasteiger partial charge in [0.15, 0.2) is 0 Å². The predicted octanol–water partition coefficient (Wildman–Crippen LogP) is 3.21. The average Bonchev–Trinajstić information content (AvgIpc) is 2.43. The Morgan fingerprint density at radius 1 is 1.29 bits per heavy atom. The molecule has 4 heteroatoms. The Labute approximate surface area is 127 Å². The Morgan fingerprint density at radius 2 is 2.00 bits per heavy atom. The SMILES string of the molecule is CC[C@H](C)N(Cc1cccc(F)c1)C[C@@H](O)COC(C)C. The number of rotatable bonds is 9. The van der Waals surface area contributed by atoms with Gasteiger partial charge in [0.05, 0.1) is 18.8 Å². The fourth-order valence-electron chi connectivity index (χ4n) is 2.16. The second-order valence-electron chi connectivity index (χ2n) is 5.85. The Kier molecular flexibility index (Phi) is 7.86. The third-order valence-electron chi connectivity index (χ3n) is 3.56. The lowest BCUT2D eigenvalue weighted by Crippen LogP contribution is -2.40. The van der Waals surface area contributed by atoms with Crippen molar-refractivity contribution in [2.45, 2.75) is 58.9 Å². The molecule has 0 aliphatic heterocycles. The largest absolute Gasteiger partial charge is 0.389 e. The highest BCUT2D eigenvalue weighted by Crippen LogP contribution is 2.13. The highest BCUT2D eigenvalue weighted by molar-refractivity contribution is 5.16. The smallest absolute Gasteiger partial charge is 0.123 e. The van der Waals surface area contributed by atoms with Crippen LogP contribution >= 0.6 is 0 Å². The predicted molar refractivity (Wildman–Crippen MR) is 83.7 cm³/mol. The van der Waals surface area contributed by atoms with Crippen LogP contribution in [0.15, 0.2) is 24.3 Å². The topological polar surface area (TPSA) is 32.7 Å². The molecule has 0 aromatic heterocycles. The van der Waals surface area contributed by atoms with Gasteiger partial charge >= 0.3 is 0 Å². The minimum atomic E-state index is -0.532. The molecule has 0 saturated heterocycles. The van der Waals surface area contributed by atoms with Crippen LogP contribution in [0.3, 0.4) is 0 Å². The van der Waals surface area contributed by atoms with Crippen LogP contribution < -0.4 is 0 Å². The second kappa shape index (κ2) is 9.13. The molecule has 0 heterocycles. The molecule has 1 rings (SSSR count). The van der Waals surface area contributed by atoms with Crippen LogP contribution in [-0.4, -0.2) is 41.4 Å². The van der Waals surface area contributed by atoms with E-state index in [1.807, 2.05) is 19.9 Å². The summed E-state index contributed by atoms with van der Waals surface area (Å²) in [6.07, 6.45) is 0.558. The van der Waals surface area contributed by atoms with Gasteiger partial charge in [0.1, 0.15) is 5.82 Å². The lowest BCUT2D eigenvalue weighted by molar-refractivity contribution is -0.0149. The summed E-state index contributed by atoms with van der Waals surface area (Å²) in [6, 6.07) is 6.95. The Balaban J connectivity index is 2.63. The number of halogens is 1. The molecular weight excluding hydrogens is 269 g/mol. The van der Waals surface area contributed by atoms with Gasteiger partial charge < -0.3 is 9.84 Å². The molecule has 0 radical (unpaired) electrons. The van der Waals surface area contributed by atoms with Crippen LogP contribution in [0.5, 0.6) is 0 Å². The minimum Gasteiger partial charge on any atom is -0.389 e. The van der Waals surface area contributed by atoms with Crippen LogP contribution in [0.1, 0.15) is 39.7 Å². The standard InChI is InChI=1S/C17H28FNO2/c1-5-14(4)19(11-17(20)12-21-13(2)3)10-15-7-6-8-16(18)9-15/h6-9,13-14,17,20H,5,10-12H2,1-4H3/t14-,17+/m0/s1. The van der Waals surface area contributed by atoms with Crippen molar-refractivity contribution in [2.75, 3.05) is 13.2 Å². The van der Waals surface area contributed by atoms with Crippen LogP contribution in [-0.2, 0) is 11.3 Å². The monoisotopic (exact) mass is 297 g/mol. The van der Waals surface area contributed by atoms with E-state index in [1.54, 1.807) is 12.1 Å². The number of ether oxygens (including phenoxy) is 1. The highest BCUT2D eigenvalue weighted by atomic mass is 19.1. The molecule has 0 unspecified atom stereocenters. The van der Waals surface area contributed by atoms with Gasteiger partial charge in [-0.3, -0.25) is 4.90 Å². The van der Waals surface area contributed by atoms with E-state index in [0.717, 1.165) is 12.0 Å². The van der Waals surface area contributed by atoms with E-state index in [1.165, 1.54) is 6.07 Å². The van der Waals surface area contributed by atoms with E-state index in [-0.39, 0.29) is 11.9 Å². The molecule has 0 aliphatic carbocycles. The molecule has 0 fully saturated rings. The first-order chi connectivity index (χ1) is 9.92. The number of hydrogen-bond donors (Lipinski definition) is 1. The zero-order chi connectivity index (χ0) is 15.8. The molecule has 0 spiro atoms. The second-order valence-corrected chi connectivity index (χ2v) is 5.85. The molecule has 1 aromatic carbocycles. The molecule has 0 amide bonds. The lowest BCUT2D eigenvalue weighted by atomic mass is 10.1. The van der Waals surface area contributed by atoms with Gasteiger partial charge in [0.2, 0.25) is 0 Å². The van der Waals surface area contributed by atoms with Crippen molar-refractivity contribution in [3.63, 3.8) is 0 Å². The average molecular weight is 297 g/mol. The summed E-state index contributed by atoms with van der Waals surface area (Å²) in [5.74, 6) is -0.222. The van der Waals surface area contributed by atoms with Crippen molar-refractivity contribution in [1.82, 2.24) is 4.90 Å².